The number of carbonyl (C=O) groups excluding carboxylic acids is 1. The summed E-state index contributed by atoms with van der Waals surface area (Å²) in [4.78, 5) is 25.2. The fraction of sp³-hybridized carbons (Fsp3) is 0.455. The van der Waals surface area contributed by atoms with E-state index >= 15 is 0 Å². The first-order valence-electron chi connectivity index (χ1n) is 5.12. The van der Waals surface area contributed by atoms with Crippen LogP contribution in [0.3, 0.4) is 0 Å². The SMILES string of the molecule is CCCCC(=O)Nc1cc(C)c[nH]c1=O. The third kappa shape index (κ3) is 3.58. The number of nitrogens with one attached hydrogen (secondary N) is 2. The summed E-state index contributed by atoms with van der Waals surface area (Å²) in [5.41, 5.74) is 0.988. The Kier molecular flexibility index (Phi) is 4.09. The maximum atomic E-state index is 11.4. The van der Waals surface area contributed by atoms with E-state index in [1.165, 1.54) is 0 Å². The van der Waals surface area contributed by atoms with E-state index in [1.807, 2.05) is 13.8 Å². The van der Waals surface area contributed by atoms with Crippen LogP contribution in [-0.4, -0.2) is 10.9 Å². The van der Waals surface area contributed by atoms with Crippen molar-refractivity contribution < 1.29 is 4.79 Å². The second-order valence-corrected chi connectivity index (χ2v) is 3.57. The van der Waals surface area contributed by atoms with Gasteiger partial charge in [-0.25, -0.2) is 0 Å². The molecule has 0 aliphatic rings. The van der Waals surface area contributed by atoms with Gasteiger partial charge in [0.15, 0.2) is 0 Å². The van der Waals surface area contributed by atoms with Crippen LogP contribution in [0.15, 0.2) is 17.1 Å². The van der Waals surface area contributed by atoms with Gasteiger partial charge in [-0.05, 0) is 25.0 Å². The van der Waals surface area contributed by atoms with E-state index in [4.69, 9.17) is 0 Å². The Morgan fingerprint density at radius 1 is 1.53 bits per heavy atom. The molecule has 0 saturated carbocycles. The maximum absolute atomic E-state index is 11.4. The molecule has 1 aromatic heterocycles. The number of unbranched alkanes of at least 4 members (excludes halogenated alkanes) is 1. The van der Waals surface area contributed by atoms with Crippen LogP contribution in [-0.2, 0) is 4.79 Å². The summed E-state index contributed by atoms with van der Waals surface area (Å²) in [6.45, 7) is 3.88. The number of anilines is 1. The fourth-order valence-electron chi connectivity index (χ4n) is 1.23. The smallest absolute Gasteiger partial charge is 0.271 e. The lowest BCUT2D eigenvalue weighted by Crippen LogP contribution is -2.19. The Bertz CT molecular complexity index is 396. The number of H-pyrrole nitrogens is 1. The minimum absolute atomic E-state index is 0.104. The van der Waals surface area contributed by atoms with Crippen molar-refractivity contribution in [3.63, 3.8) is 0 Å². The van der Waals surface area contributed by atoms with E-state index in [9.17, 15) is 9.59 Å². The molecule has 15 heavy (non-hydrogen) atoms. The molecule has 82 valence electrons. The first kappa shape index (κ1) is 11.5. The Morgan fingerprint density at radius 3 is 2.93 bits per heavy atom. The Hall–Kier alpha value is -1.58. The molecular weight excluding hydrogens is 192 g/mol. The maximum Gasteiger partial charge on any atom is 0.271 e. The number of amides is 1. The summed E-state index contributed by atoms with van der Waals surface area (Å²) in [5, 5.41) is 2.60. The molecule has 0 saturated heterocycles. The van der Waals surface area contributed by atoms with Crippen LogP contribution in [0.5, 0.6) is 0 Å². The zero-order valence-corrected chi connectivity index (χ0v) is 9.09. The van der Waals surface area contributed by atoms with Gasteiger partial charge >= 0.3 is 0 Å². The third-order valence-electron chi connectivity index (χ3n) is 2.08. The molecule has 4 heteroatoms. The van der Waals surface area contributed by atoms with Crippen molar-refractivity contribution in [2.45, 2.75) is 33.1 Å². The van der Waals surface area contributed by atoms with Gasteiger partial charge in [-0.3, -0.25) is 9.59 Å². The molecule has 1 amide bonds. The number of hydrogen-bond donors (Lipinski definition) is 2. The van der Waals surface area contributed by atoms with Crippen LogP contribution in [0, 0.1) is 6.92 Å². The van der Waals surface area contributed by atoms with Crippen LogP contribution in [0.2, 0.25) is 0 Å². The van der Waals surface area contributed by atoms with Crippen molar-refractivity contribution in [2.24, 2.45) is 0 Å². The predicted molar refractivity (Wildman–Crippen MR) is 60.0 cm³/mol. The highest BCUT2D eigenvalue weighted by Crippen LogP contribution is 2.03. The van der Waals surface area contributed by atoms with E-state index in [1.54, 1.807) is 12.3 Å². The predicted octanol–water partition coefficient (Wildman–Crippen LogP) is 1.81. The van der Waals surface area contributed by atoms with Crippen molar-refractivity contribution in [3.05, 3.63) is 28.2 Å². The van der Waals surface area contributed by atoms with Crippen LogP contribution in [0.4, 0.5) is 5.69 Å². The summed E-state index contributed by atoms with van der Waals surface area (Å²) in [7, 11) is 0. The summed E-state index contributed by atoms with van der Waals surface area (Å²) in [6.07, 6.45) is 3.89. The lowest BCUT2D eigenvalue weighted by molar-refractivity contribution is -0.116. The van der Waals surface area contributed by atoms with E-state index in [2.05, 4.69) is 10.3 Å². The molecule has 0 unspecified atom stereocenters. The van der Waals surface area contributed by atoms with Crippen molar-refractivity contribution in [3.8, 4) is 0 Å². The van der Waals surface area contributed by atoms with Gasteiger partial charge < -0.3 is 10.3 Å². The molecule has 1 heterocycles. The zero-order chi connectivity index (χ0) is 11.3. The molecule has 4 nitrogen and oxygen atoms in total. The van der Waals surface area contributed by atoms with E-state index < -0.39 is 0 Å². The molecule has 0 aliphatic carbocycles. The topological polar surface area (TPSA) is 62.0 Å². The Balaban J connectivity index is 2.68. The molecule has 1 aromatic rings. The summed E-state index contributed by atoms with van der Waals surface area (Å²) >= 11 is 0. The Labute approximate surface area is 88.7 Å². The molecule has 0 aliphatic heterocycles. The van der Waals surface area contributed by atoms with Crippen molar-refractivity contribution >= 4 is 11.6 Å². The van der Waals surface area contributed by atoms with Crippen LogP contribution >= 0.6 is 0 Å². The van der Waals surface area contributed by atoms with Gasteiger partial charge in [-0.2, -0.15) is 0 Å². The van der Waals surface area contributed by atoms with Crippen LogP contribution < -0.4 is 10.9 Å². The van der Waals surface area contributed by atoms with Crippen molar-refractivity contribution in [1.29, 1.82) is 0 Å². The molecule has 1 rings (SSSR count). The van der Waals surface area contributed by atoms with Crippen molar-refractivity contribution in [2.75, 3.05) is 5.32 Å². The molecular formula is C11H16N2O2. The standard InChI is InChI=1S/C11H16N2O2/c1-3-4-5-10(14)13-9-6-8(2)7-12-11(9)15/h6-7H,3-5H2,1-2H3,(H,12,15)(H,13,14). The first-order valence-corrected chi connectivity index (χ1v) is 5.12. The Morgan fingerprint density at radius 2 is 2.27 bits per heavy atom. The van der Waals surface area contributed by atoms with Gasteiger partial charge in [0.05, 0.1) is 0 Å². The summed E-state index contributed by atoms with van der Waals surface area (Å²) in [5.74, 6) is -0.104. The van der Waals surface area contributed by atoms with Crippen molar-refractivity contribution in [1.82, 2.24) is 4.98 Å². The van der Waals surface area contributed by atoms with Gasteiger partial charge in [0.25, 0.3) is 5.56 Å². The lowest BCUT2D eigenvalue weighted by atomic mass is 10.2. The highest BCUT2D eigenvalue weighted by molar-refractivity contribution is 5.90. The number of aromatic nitrogens is 1. The number of hydrogen-bond acceptors (Lipinski definition) is 2. The molecule has 0 spiro atoms. The molecule has 0 atom stereocenters. The number of pyridine rings is 1. The number of rotatable bonds is 4. The summed E-state index contributed by atoms with van der Waals surface area (Å²) < 4.78 is 0. The molecule has 0 bridgehead atoms. The van der Waals surface area contributed by atoms with E-state index in [0.717, 1.165) is 18.4 Å². The first-order chi connectivity index (χ1) is 7.13. The lowest BCUT2D eigenvalue weighted by Gasteiger charge is -2.04. The zero-order valence-electron chi connectivity index (χ0n) is 9.09. The average molecular weight is 208 g/mol. The van der Waals surface area contributed by atoms with Crippen LogP contribution in [0.1, 0.15) is 31.7 Å². The second-order valence-electron chi connectivity index (χ2n) is 3.57. The quantitative estimate of drug-likeness (QED) is 0.792. The van der Waals surface area contributed by atoms with E-state index in [-0.39, 0.29) is 11.5 Å². The number of carbonyl (C=O) groups is 1. The minimum atomic E-state index is -0.259. The molecule has 0 aromatic carbocycles. The fourth-order valence-corrected chi connectivity index (χ4v) is 1.23. The monoisotopic (exact) mass is 208 g/mol. The van der Waals surface area contributed by atoms with Gasteiger partial charge in [0.2, 0.25) is 5.91 Å². The van der Waals surface area contributed by atoms with Crippen LogP contribution in [0.25, 0.3) is 0 Å². The molecule has 0 fully saturated rings. The molecule has 2 N–H and O–H groups in total. The minimum Gasteiger partial charge on any atom is -0.327 e. The third-order valence-corrected chi connectivity index (χ3v) is 2.08. The highest BCUT2D eigenvalue weighted by Gasteiger charge is 2.04. The van der Waals surface area contributed by atoms with Gasteiger partial charge in [0.1, 0.15) is 5.69 Å². The number of aromatic amines is 1. The summed E-state index contributed by atoms with van der Waals surface area (Å²) in [6, 6.07) is 1.67. The largest absolute Gasteiger partial charge is 0.327 e. The number of aryl methyl sites for hydroxylation is 1. The average Bonchev–Trinajstić information content (AvgIpc) is 2.20. The molecule has 0 radical (unpaired) electrons. The highest BCUT2D eigenvalue weighted by atomic mass is 16.2. The van der Waals surface area contributed by atoms with Gasteiger partial charge in [-0.15, -0.1) is 0 Å². The normalized spacial score (nSPS) is 10.0. The van der Waals surface area contributed by atoms with E-state index in [0.29, 0.717) is 12.1 Å². The second kappa shape index (κ2) is 5.34. The van der Waals surface area contributed by atoms with Gasteiger partial charge in [0, 0.05) is 12.6 Å². The van der Waals surface area contributed by atoms with Gasteiger partial charge in [-0.1, -0.05) is 13.3 Å².